The molecule has 5 atom stereocenters. The number of ether oxygens (including phenoxy) is 1. The third kappa shape index (κ3) is 2.42. The van der Waals surface area contributed by atoms with E-state index < -0.39 is 5.60 Å². The molecule has 25 heavy (non-hydrogen) atoms. The van der Waals surface area contributed by atoms with E-state index in [0.717, 1.165) is 37.9 Å². The number of aryl methyl sites for hydroxylation is 1. The van der Waals surface area contributed by atoms with Crippen LogP contribution in [0.4, 0.5) is 0 Å². The van der Waals surface area contributed by atoms with Crippen LogP contribution in [-0.2, 0) is 6.42 Å². The van der Waals surface area contributed by atoms with E-state index in [0.29, 0.717) is 17.8 Å². The van der Waals surface area contributed by atoms with Gasteiger partial charge in [0.25, 0.3) is 0 Å². The van der Waals surface area contributed by atoms with Gasteiger partial charge in [0, 0.05) is 5.41 Å². The van der Waals surface area contributed by atoms with E-state index >= 15 is 0 Å². The Kier molecular flexibility index (Phi) is 4.09. The van der Waals surface area contributed by atoms with E-state index in [1.54, 1.807) is 7.11 Å². The van der Waals surface area contributed by atoms with Crippen LogP contribution in [0.1, 0.15) is 56.1 Å². The Labute approximate surface area is 150 Å². The quantitative estimate of drug-likeness (QED) is 0.772. The molecular weight excluding hydrogens is 312 g/mol. The molecule has 0 aliphatic heterocycles. The molecule has 0 unspecified atom stereocenters. The topological polar surface area (TPSA) is 49.7 Å². The van der Waals surface area contributed by atoms with E-state index in [1.807, 2.05) is 0 Å². The Morgan fingerprint density at radius 1 is 1.24 bits per heavy atom. The van der Waals surface area contributed by atoms with E-state index in [9.17, 15) is 5.11 Å². The number of aliphatic hydroxyl groups is 2. The first kappa shape index (κ1) is 16.9. The fourth-order valence-corrected chi connectivity index (χ4v) is 6.09. The average molecular weight is 340 g/mol. The van der Waals surface area contributed by atoms with Crippen molar-refractivity contribution in [2.75, 3.05) is 13.7 Å². The Balaban J connectivity index is 1.66. The van der Waals surface area contributed by atoms with Gasteiger partial charge in [0.2, 0.25) is 0 Å². The van der Waals surface area contributed by atoms with Crippen molar-refractivity contribution < 1.29 is 14.9 Å². The Hall–Kier alpha value is -1.50. The van der Waals surface area contributed by atoms with E-state index in [-0.39, 0.29) is 12.0 Å². The first-order valence-corrected chi connectivity index (χ1v) is 9.52. The molecule has 3 aliphatic rings. The lowest BCUT2D eigenvalue weighted by atomic mass is 9.53. The molecule has 2 fully saturated rings. The Bertz CT molecular complexity index is 731. The summed E-state index contributed by atoms with van der Waals surface area (Å²) in [6.45, 7) is 2.06. The van der Waals surface area contributed by atoms with Gasteiger partial charge in [-0.1, -0.05) is 24.8 Å². The zero-order valence-electron chi connectivity index (χ0n) is 15.2. The lowest BCUT2D eigenvalue weighted by Crippen LogP contribution is -2.50. The third-order valence-corrected chi connectivity index (χ3v) is 7.46. The summed E-state index contributed by atoms with van der Waals surface area (Å²) in [5.74, 6) is 8.44. The SMILES string of the molecule is COc1ccc2c(c1)CC[C@@H]1[C@@H]2CC[C@]2(C)[C@H]1CC[C@]2(O)C#CCO. The zero-order valence-corrected chi connectivity index (χ0v) is 15.2. The van der Waals surface area contributed by atoms with Gasteiger partial charge in [0.05, 0.1) is 7.11 Å². The van der Waals surface area contributed by atoms with Gasteiger partial charge in [-0.25, -0.2) is 0 Å². The molecule has 0 amide bonds. The second kappa shape index (κ2) is 6.04. The molecule has 3 nitrogen and oxygen atoms in total. The number of methoxy groups -OCH3 is 1. The van der Waals surface area contributed by atoms with Gasteiger partial charge in [0.1, 0.15) is 18.0 Å². The summed E-state index contributed by atoms with van der Waals surface area (Å²) in [6.07, 6.45) is 6.18. The molecule has 1 aromatic rings. The summed E-state index contributed by atoms with van der Waals surface area (Å²) in [5, 5.41) is 20.3. The largest absolute Gasteiger partial charge is 0.497 e. The molecule has 0 heterocycles. The van der Waals surface area contributed by atoms with Crippen LogP contribution in [0.25, 0.3) is 0 Å². The van der Waals surface area contributed by atoms with Gasteiger partial charge in [-0.3, -0.25) is 0 Å². The number of hydrogen-bond acceptors (Lipinski definition) is 3. The first-order valence-electron chi connectivity index (χ1n) is 9.52. The molecule has 1 aromatic carbocycles. The van der Waals surface area contributed by atoms with Gasteiger partial charge < -0.3 is 14.9 Å². The van der Waals surface area contributed by atoms with E-state index in [4.69, 9.17) is 9.84 Å². The van der Waals surface area contributed by atoms with Gasteiger partial charge >= 0.3 is 0 Å². The average Bonchev–Trinajstić information content (AvgIpc) is 2.91. The number of aliphatic hydroxyl groups excluding tert-OH is 1. The molecule has 0 aromatic heterocycles. The molecule has 0 bridgehead atoms. The minimum atomic E-state index is -0.939. The summed E-state index contributed by atoms with van der Waals surface area (Å²) >= 11 is 0. The predicted octanol–water partition coefficient (Wildman–Crippen LogP) is 3.28. The van der Waals surface area contributed by atoms with Crippen LogP contribution in [0.15, 0.2) is 18.2 Å². The van der Waals surface area contributed by atoms with Crippen LogP contribution in [0.3, 0.4) is 0 Å². The molecule has 3 heteroatoms. The van der Waals surface area contributed by atoms with Gasteiger partial charge in [-0.15, -0.1) is 0 Å². The van der Waals surface area contributed by atoms with Gasteiger partial charge in [-0.2, -0.15) is 0 Å². The highest BCUT2D eigenvalue weighted by molar-refractivity contribution is 5.41. The zero-order chi connectivity index (χ0) is 17.7. The van der Waals surface area contributed by atoms with E-state index in [2.05, 4.69) is 37.0 Å². The maximum Gasteiger partial charge on any atom is 0.131 e. The highest BCUT2D eigenvalue weighted by Crippen LogP contribution is 2.64. The monoisotopic (exact) mass is 340 g/mol. The minimum Gasteiger partial charge on any atom is -0.497 e. The standard InChI is InChI=1S/C22H28O3/c1-21-11-8-18-17-7-5-16(25-2)14-15(17)4-6-19(18)20(21)9-12-22(21,24)10-3-13-23/h5,7,14,18-20,23-24H,4,6,8-9,11-13H2,1-2H3/t18-,19-,20+,21-,22-/m1/s1. The molecule has 2 N–H and O–H groups in total. The maximum absolute atomic E-state index is 11.2. The van der Waals surface area contributed by atoms with Crippen LogP contribution < -0.4 is 4.74 Å². The maximum atomic E-state index is 11.2. The van der Waals surface area contributed by atoms with Crippen molar-refractivity contribution in [3.05, 3.63) is 29.3 Å². The highest BCUT2D eigenvalue weighted by Gasteiger charge is 2.61. The lowest BCUT2D eigenvalue weighted by Gasteiger charge is -2.52. The molecule has 3 aliphatic carbocycles. The second-order valence-corrected chi connectivity index (χ2v) is 8.30. The van der Waals surface area contributed by atoms with Crippen molar-refractivity contribution in [1.82, 2.24) is 0 Å². The number of benzene rings is 1. The fraction of sp³-hybridized carbons (Fsp3) is 0.636. The van der Waals surface area contributed by atoms with Crippen molar-refractivity contribution >= 4 is 0 Å². The van der Waals surface area contributed by atoms with Crippen molar-refractivity contribution in [2.24, 2.45) is 17.3 Å². The summed E-state index contributed by atoms with van der Waals surface area (Å²) in [7, 11) is 1.73. The van der Waals surface area contributed by atoms with E-state index in [1.165, 1.54) is 17.5 Å². The highest BCUT2D eigenvalue weighted by atomic mass is 16.5. The molecule has 134 valence electrons. The summed E-state index contributed by atoms with van der Waals surface area (Å²) in [6, 6.07) is 6.56. The van der Waals surface area contributed by atoms with Crippen molar-refractivity contribution in [2.45, 2.75) is 57.0 Å². The van der Waals surface area contributed by atoms with Crippen molar-refractivity contribution in [3.8, 4) is 17.6 Å². The molecule has 0 spiro atoms. The number of hydrogen-bond donors (Lipinski definition) is 2. The van der Waals surface area contributed by atoms with Crippen LogP contribution in [0, 0.1) is 29.1 Å². The minimum absolute atomic E-state index is 0.152. The molecule has 2 saturated carbocycles. The normalized spacial score (nSPS) is 38.8. The number of rotatable bonds is 1. The molecule has 0 radical (unpaired) electrons. The van der Waals surface area contributed by atoms with Crippen molar-refractivity contribution in [3.63, 3.8) is 0 Å². The Morgan fingerprint density at radius 3 is 2.84 bits per heavy atom. The lowest BCUT2D eigenvalue weighted by molar-refractivity contribution is -0.0648. The molecular formula is C22H28O3. The Morgan fingerprint density at radius 2 is 2.08 bits per heavy atom. The smallest absolute Gasteiger partial charge is 0.131 e. The first-order chi connectivity index (χ1) is 12.0. The van der Waals surface area contributed by atoms with Crippen molar-refractivity contribution in [1.29, 1.82) is 0 Å². The molecule has 0 saturated heterocycles. The summed E-state index contributed by atoms with van der Waals surface area (Å²) in [5.41, 5.74) is 1.85. The summed E-state index contributed by atoms with van der Waals surface area (Å²) in [4.78, 5) is 0. The van der Waals surface area contributed by atoms with Gasteiger partial charge in [-0.05, 0) is 79.5 Å². The van der Waals surface area contributed by atoms with Crippen LogP contribution in [-0.4, -0.2) is 29.5 Å². The third-order valence-electron chi connectivity index (χ3n) is 7.46. The fourth-order valence-electron chi connectivity index (χ4n) is 6.09. The van der Waals surface area contributed by atoms with Crippen LogP contribution in [0.2, 0.25) is 0 Å². The van der Waals surface area contributed by atoms with Gasteiger partial charge in [0.15, 0.2) is 0 Å². The second-order valence-electron chi connectivity index (χ2n) is 8.30. The van der Waals surface area contributed by atoms with Crippen LogP contribution >= 0.6 is 0 Å². The summed E-state index contributed by atoms with van der Waals surface area (Å²) < 4.78 is 5.40. The molecule has 4 rings (SSSR count). The predicted molar refractivity (Wildman–Crippen MR) is 97.4 cm³/mol. The number of fused-ring (bicyclic) bond motifs is 5. The van der Waals surface area contributed by atoms with Crippen LogP contribution in [0.5, 0.6) is 5.75 Å².